The van der Waals surface area contributed by atoms with Gasteiger partial charge in [0.2, 0.25) is 5.91 Å². The van der Waals surface area contributed by atoms with Crippen LogP contribution in [0.3, 0.4) is 0 Å². The third kappa shape index (κ3) is 9.55. The largest absolute Gasteiger partial charge is 0.462 e. The molecule has 222 valence electrons. The fraction of sp³-hybridized carbons (Fsp3) is 0.577. The fourth-order valence-electron chi connectivity index (χ4n) is 4.13. The van der Waals surface area contributed by atoms with E-state index in [2.05, 4.69) is 5.32 Å². The first-order chi connectivity index (χ1) is 18.9. The van der Waals surface area contributed by atoms with Crippen molar-refractivity contribution in [2.24, 2.45) is 0 Å². The van der Waals surface area contributed by atoms with Gasteiger partial charge in [0.1, 0.15) is 19.3 Å². The SMILES string of the molecule is CC(=O)N[C@H]1[C@H]([C@H](OC(C)=O)[C@@H](COC(C)=O)OC(C)=O)O[C@@](OCCO)(C(=O)OCc2ccccc2)C[C@@H]1O. The quantitative estimate of drug-likeness (QED) is 0.204. The van der Waals surface area contributed by atoms with Gasteiger partial charge >= 0.3 is 23.9 Å². The number of rotatable bonds is 13. The number of carbonyl (C=O) groups is 5. The average Bonchev–Trinajstić information content (AvgIpc) is 2.88. The van der Waals surface area contributed by atoms with Gasteiger partial charge in [0.05, 0.1) is 25.4 Å². The maximum Gasteiger partial charge on any atom is 0.367 e. The maximum atomic E-state index is 13.4. The molecule has 1 aliphatic heterocycles. The number of esters is 4. The van der Waals surface area contributed by atoms with Crippen LogP contribution in [0.2, 0.25) is 0 Å². The van der Waals surface area contributed by atoms with Gasteiger partial charge in [-0.25, -0.2) is 4.79 Å². The lowest BCUT2D eigenvalue weighted by molar-refractivity contribution is -0.316. The minimum Gasteiger partial charge on any atom is -0.462 e. The van der Waals surface area contributed by atoms with Crippen LogP contribution in [0.15, 0.2) is 30.3 Å². The third-order valence-corrected chi connectivity index (χ3v) is 5.65. The summed E-state index contributed by atoms with van der Waals surface area (Å²) in [6, 6.07) is 7.32. The summed E-state index contributed by atoms with van der Waals surface area (Å²) >= 11 is 0. The van der Waals surface area contributed by atoms with Crippen molar-refractivity contribution in [1.29, 1.82) is 0 Å². The van der Waals surface area contributed by atoms with E-state index in [4.69, 9.17) is 28.4 Å². The van der Waals surface area contributed by atoms with Crippen LogP contribution in [0.25, 0.3) is 0 Å². The van der Waals surface area contributed by atoms with E-state index in [0.717, 1.165) is 27.7 Å². The van der Waals surface area contributed by atoms with Crippen molar-refractivity contribution < 1.29 is 62.6 Å². The van der Waals surface area contributed by atoms with Crippen molar-refractivity contribution in [1.82, 2.24) is 5.32 Å². The summed E-state index contributed by atoms with van der Waals surface area (Å²) in [5.74, 6) is -6.52. The Balaban J connectivity index is 2.55. The Morgan fingerprint density at radius 1 is 1.00 bits per heavy atom. The summed E-state index contributed by atoms with van der Waals surface area (Å²) in [5, 5.41) is 23.0. The highest BCUT2D eigenvalue weighted by molar-refractivity contribution is 5.78. The maximum absolute atomic E-state index is 13.4. The Morgan fingerprint density at radius 3 is 2.20 bits per heavy atom. The molecule has 1 heterocycles. The Bertz CT molecular complexity index is 1030. The highest BCUT2D eigenvalue weighted by atomic mass is 16.7. The predicted octanol–water partition coefficient (Wildman–Crippen LogP) is -0.484. The van der Waals surface area contributed by atoms with E-state index >= 15 is 0 Å². The molecule has 0 aromatic heterocycles. The van der Waals surface area contributed by atoms with Gasteiger partial charge in [0, 0.05) is 34.1 Å². The molecule has 1 saturated heterocycles. The minimum atomic E-state index is -2.35. The molecule has 1 amide bonds. The second-order valence-electron chi connectivity index (χ2n) is 8.99. The Kier molecular flexibility index (Phi) is 12.4. The van der Waals surface area contributed by atoms with Crippen molar-refractivity contribution in [2.45, 2.75) is 77.0 Å². The van der Waals surface area contributed by atoms with E-state index in [0.29, 0.717) is 5.56 Å². The van der Waals surface area contributed by atoms with E-state index < -0.39 is 92.3 Å². The normalized spacial score (nSPS) is 23.7. The molecule has 0 bridgehead atoms. The molecule has 6 atom stereocenters. The lowest BCUT2D eigenvalue weighted by Crippen LogP contribution is -2.68. The average molecular weight is 570 g/mol. The van der Waals surface area contributed by atoms with Gasteiger partial charge in [-0.15, -0.1) is 0 Å². The van der Waals surface area contributed by atoms with Crippen LogP contribution in [0.4, 0.5) is 0 Å². The van der Waals surface area contributed by atoms with Crippen LogP contribution in [0.5, 0.6) is 0 Å². The zero-order valence-electron chi connectivity index (χ0n) is 22.7. The highest BCUT2D eigenvalue weighted by Crippen LogP contribution is 2.36. The molecule has 0 spiro atoms. The van der Waals surface area contributed by atoms with Crippen LogP contribution < -0.4 is 5.32 Å². The summed E-state index contributed by atoms with van der Waals surface area (Å²) < 4.78 is 32.7. The molecule has 3 N–H and O–H groups in total. The first kappa shape index (κ1) is 32.6. The summed E-state index contributed by atoms with van der Waals surface area (Å²) in [6.45, 7) is 2.60. The molecular formula is C26H35NO13. The molecule has 1 fully saturated rings. The zero-order valence-corrected chi connectivity index (χ0v) is 22.7. The van der Waals surface area contributed by atoms with Gasteiger partial charge in [0.25, 0.3) is 5.79 Å². The van der Waals surface area contributed by atoms with Gasteiger partial charge in [-0.2, -0.15) is 0 Å². The molecule has 0 radical (unpaired) electrons. The Morgan fingerprint density at radius 2 is 1.65 bits per heavy atom. The van der Waals surface area contributed by atoms with E-state index in [-0.39, 0.29) is 6.61 Å². The molecule has 1 aromatic carbocycles. The summed E-state index contributed by atoms with van der Waals surface area (Å²) in [7, 11) is 0. The van der Waals surface area contributed by atoms with E-state index in [1.54, 1.807) is 30.3 Å². The monoisotopic (exact) mass is 569 g/mol. The second-order valence-corrected chi connectivity index (χ2v) is 8.99. The third-order valence-electron chi connectivity index (χ3n) is 5.65. The molecule has 14 nitrogen and oxygen atoms in total. The second kappa shape index (κ2) is 15.3. The zero-order chi connectivity index (χ0) is 29.9. The van der Waals surface area contributed by atoms with Gasteiger partial charge < -0.3 is 44.0 Å². The number of ether oxygens (including phenoxy) is 6. The van der Waals surface area contributed by atoms with Crippen molar-refractivity contribution in [2.75, 3.05) is 19.8 Å². The van der Waals surface area contributed by atoms with Crippen LogP contribution in [-0.2, 0) is 59.0 Å². The number of hydrogen-bond donors (Lipinski definition) is 3. The van der Waals surface area contributed by atoms with Gasteiger partial charge in [-0.3, -0.25) is 19.2 Å². The van der Waals surface area contributed by atoms with Crippen molar-refractivity contribution >= 4 is 29.8 Å². The highest BCUT2D eigenvalue weighted by Gasteiger charge is 2.58. The molecule has 0 aliphatic carbocycles. The number of nitrogens with one attached hydrogen (secondary N) is 1. The van der Waals surface area contributed by atoms with Crippen LogP contribution >= 0.6 is 0 Å². The lowest BCUT2D eigenvalue weighted by atomic mass is 9.88. The number of amides is 1. The first-order valence-corrected chi connectivity index (χ1v) is 12.4. The molecule has 1 aromatic rings. The molecule has 0 unspecified atom stereocenters. The molecule has 14 heteroatoms. The van der Waals surface area contributed by atoms with Gasteiger partial charge in [0.15, 0.2) is 12.2 Å². The predicted molar refractivity (Wildman–Crippen MR) is 133 cm³/mol. The number of carbonyl (C=O) groups excluding carboxylic acids is 5. The van der Waals surface area contributed by atoms with Crippen molar-refractivity contribution in [3.05, 3.63) is 35.9 Å². The van der Waals surface area contributed by atoms with Crippen molar-refractivity contribution in [3.8, 4) is 0 Å². The number of hydrogen-bond acceptors (Lipinski definition) is 13. The van der Waals surface area contributed by atoms with E-state index in [9.17, 15) is 34.2 Å². The van der Waals surface area contributed by atoms with E-state index in [1.165, 1.54) is 0 Å². The molecule has 2 rings (SSSR count). The van der Waals surface area contributed by atoms with Crippen LogP contribution in [0.1, 0.15) is 39.7 Å². The van der Waals surface area contributed by atoms with Gasteiger partial charge in [-0.1, -0.05) is 30.3 Å². The Labute approximate surface area is 230 Å². The number of aliphatic hydroxyl groups is 2. The fourth-order valence-corrected chi connectivity index (χ4v) is 4.13. The molecule has 1 aliphatic rings. The van der Waals surface area contributed by atoms with Crippen molar-refractivity contribution in [3.63, 3.8) is 0 Å². The summed E-state index contributed by atoms with van der Waals surface area (Å²) in [4.78, 5) is 61.0. The smallest absolute Gasteiger partial charge is 0.367 e. The Hall–Kier alpha value is -3.59. The van der Waals surface area contributed by atoms with Crippen LogP contribution in [0, 0.1) is 0 Å². The topological polar surface area (TPSA) is 193 Å². The number of benzene rings is 1. The first-order valence-electron chi connectivity index (χ1n) is 12.4. The molecular weight excluding hydrogens is 534 g/mol. The standard InChI is InChI=1S/C26H35NO13/c1-15(29)27-22-20(33)12-26(37-11-10-28,25(34)36-13-19-8-6-5-7-9-19)40-24(22)23(39-18(4)32)21(38-17(3)31)14-35-16(2)30/h5-9,20-24,28,33H,10-14H2,1-4H3,(H,27,29)/t20-,21+,22+,23+,24+,26+/m0/s1. The number of aliphatic hydroxyl groups excluding tert-OH is 2. The van der Waals surface area contributed by atoms with E-state index in [1.807, 2.05) is 0 Å². The molecule has 40 heavy (non-hydrogen) atoms. The van der Waals surface area contributed by atoms with Gasteiger partial charge in [-0.05, 0) is 5.56 Å². The molecule has 0 saturated carbocycles. The summed E-state index contributed by atoms with van der Waals surface area (Å²) in [5.41, 5.74) is 0.631. The van der Waals surface area contributed by atoms with Crippen LogP contribution in [-0.4, -0.2) is 96.1 Å². The minimum absolute atomic E-state index is 0.195. The lowest BCUT2D eigenvalue weighted by Gasteiger charge is -2.47. The summed E-state index contributed by atoms with van der Waals surface area (Å²) in [6.07, 6.45) is -6.86.